The van der Waals surface area contributed by atoms with Crippen LogP contribution in [0.3, 0.4) is 0 Å². The summed E-state index contributed by atoms with van der Waals surface area (Å²) in [7, 11) is 3.46. The summed E-state index contributed by atoms with van der Waals surface area (Å²) in [6, 6.07) is 7.65. The van der Waals surface area contributed by atoms with Crippen LogP contribution in [0.25, 0.3) is 11.3 Å². The molecule has 8 heteroatoms. The molecule has 0 radical (unpaired) electrons. The molecule has 0 aliphatic carbocycles. The molecule has 0 saturated carbocycles. The molecule has 28 heavy (non-hydrogen) atoms. The summed E-state index contributed by atoms with van der Waals surface area (Å²) in [5, 5.41) is 8.72. The third-order valence-corrected chi connectivity index (χ3v) is 5.23. The Balaban J connectivity index is 1.50. The Labute approximate surface area is 163 Å². The van der Waals surface area contributed by atoms with Gasteiger partial charge in [-0.05, 0) is 30.9 Å². The van der Waals surface area contributed by atoms with Gasteiger partial charge in [0, 0.05) is 38.4 Å². The standard InChI is InChI=1S/C20H24N6O2/c1-24-12-17(19(23-24)16-5-3-4-6-18(16)28-2)20(27)25-9-7-15(8-10-25)11-26-14-21-13-22-26/h3-6,12-15H,7-11H2,1-2H3. The Hall–Kier alpha value is -3.16. The van der Waals surface area contributed by atoms with Crippen LogP contribution in [0.1, 0.15) is 23.2 Å². The molecule has 1 fully saturated rings. The number of para-hydroxylation sites is 1. The van der Waals surface area contributed by atoms with Gasteiger partial charge in [0.1, 0.15) is 24.1 Å². The van der Waals surface area contributed by atoms with Crippen molar-refractivity contribution >= 4 is 5.91 Å². The van der Waals surface area contributed by atoms with Crippen molar-refractivity contribution in [2.45, 2.75) is 19.4 Å². The van der Waals surface area contributed by atoms with Crippen LogP contribution in [-0.4, -0.2) is 55.6 Å². The molecule has 1 amide bonds. The van der Waals surface area contributed by atoms with Gasteiger partial charge in [0.25, 0.3) is 5.91 Å². The number of hydrogen-bond acceptors (Lipinski definition) is 5. The topological polar surface area (TPSA) is 78.1 Å². The van der Waals surface area contributed by atoms with Gasteiger partial charge >= 0.3 is 0 Å². The van der Waals surface area contributed by atoms with Crippen LogP contribution >= 0.6 is 0 Å². The lowest BCUT2D eigenvalue weighted by Gasteiger charge is -2.31. The molecule has 0 unspecified atom stereocenters. The molecule has 146 valence electrons. The fourth-order valence-corrected chi connectivity index (χ4v) is 3.76. The van der Waals surface area contributed by atoms with E-state index in [9.17, 15) is 4.79 Å². The number of aromatic nitrogens is 5. The van der Waals surface area contributed by atoms with E-state index in [-0.39, 0.29) is 5.91 Å². The average Bonchev–Trinajstić information content (AvgIpc) is 3.37. The number of benzene rings is 1. The minimum atomic E-state index is 0.0215. The molecule has 3 aromatic rings. The van der Waals surface area contributed by atoms with Crippen molar-refractivity contribution < 1.29 is 9.53 Å². The SMILES string of the molecule is COc1ccccc1-c1nn(C)cc1C(=O)N1CCC(Cn2cncn2)CC1. The van der Waals surface area contributed by atoms with Crippen LogP contribution in [0.15, 0.2) is 43.1 Å². The van der Waals surface area contributed by atoms with E-state index in [2.05, 4.69) is 15.2 Å². The molecule has 4 rings (SSSR count). The first-order valence-electron chi connectivity index (χ1n) is 9.44. The summed E-state index contributed by atoms with van der Waals surface area (Å²) in [6.07, 6.45) is 7.00. The lowest BCUT2D eigenvalue weighted by atomic mass is 9.96. The van der Waals surface area contributed by atoms with Crippen molar-refractivity contribution in [2.24, 2.45) is 13.0 Å². The number of aryl methyl sites for hydroxylation is 1. The second-order valence-electron chi connectivity index (χ2n) is 7.12. The third-order valence-electron chi connectivity index (χ3n) is 5.23. The number of methoxy groups -OCH3 is 1. The maximum Gasteiger partial charge on any atom is 0.257 e. The van der Waals surface area contributed by atoms with E-state index >= 15 is 0 Å². The van der Waals surface area contributed by atoms with Gasteiger partial charge in [-0.15, -0.1) is 0 Å². The second kappa shape index (κ2) is 7.84. The number of likely N-dealkylation sites (tertiary alicyclic amines) is 1. The van der Waals surface area contributed by atoms with E-state index in [0.29, 0.717) is 22.9 Å². The van der Waals surface area contributed by atoms with Gasteiger partial charge in [0.2, 0.25) is 0 Å². The lowest BCUT2D eigenvalue weighted by Crippen LogP contribution is -2.39. The molecule has 8 nitrogen and oxygen atoms in total. The highest BCUT2D eigenvalue weighted by Gasteiger charge is 2.28. The highest BCUT2D eigenvalue weighted by atomic mass is 16.5. The minimum absolute atomic E-state index is 0.0215. The van der Waals surface area contributed by atoms with Crippen molar-refractivity contribution in [2.75, 3.05) is 20.2 Å². The van der Waals surface area contributed by atoms with Crippen molar-refractivity contribution in [1.29, 1.82) is 0 Å². The number of nitrogens with zero attached hydrogens (tertiary/aromatic N) is 6. The quantitative estimate of drug-likeness (QED) is 0.678. The van der Waals surface area contributed by atoms with Crippen LogP contribution in [0, 0.1) is 5.92 Å². The zero-order chi connectivity index (χ0) is 19.5. The van der Waals surface area contributed by atoms with Crippen molar-refractivity contribution in [3.63, 3.8) is 0 Å². The predicted octanol–water partition coefficient (Wildman–Crippen LogP) is 2.24. The molecule has 1 aliphatic heterocycles. The Morgan fingerprint density at radius 2 is 2.04 bits per heavy atom. The number of amides is 1. The fourth-order valence-electron chi connectivity index (χ4n) is 3.76. The molecule has 2 aromatic heterocycles. The number of ether oxygens (including phenoxy) is 1. The van der Waals surface area contributed by atoms with Gasteiger partial charge in [-0.2, -0.15) is 10.2 Å². The molecule has 1 aromatic carbocycles. The van der Waals surface area contributed by atoms with Gasteiger partial charge in [0.05, 0.1) is 12.7 Å². The highest BCUT2D eigenvalue weighted by molar-refractivity contribution is 6.00. The first-order chi connectivity index (χ1) is 13.7. The predicted molar refractivity (Wildman–Crippen MR) is 104 cm³/mol. The molecule has 0 N–H and O–H groups in total. The molecular formula is C20H24N6O2. The highest BCUT2D eigenvalue weighted by Crippen LogP contribution is 2.32. The number of piperidine rings is 1. The van der Waals surface area contributed by atoms with Crippen molar-refractivity contribution in [1.82, 2.24) is 29.4 Å². The zero-order valence-corrected chi connectivity index (χ0v) is 16.2. The fraction of sp³-hybridized carbons (Fsp3) is 0.400. The Morgan fingerprint density at radius 1 is 1.25 bits per heavy atom. The smallest absolute Gasteiger partial charge is 0.257 e. The second-order valence-corrected chi connectivity index (χ2v) is 7.12. The number of carbonyl (C=O) groups excluding carboxylic acids is 1. The van der Waals surface area contributed by atoms with Gasteiger partial charge in [-0.1, -0.05) is 12.1 Å². The number of carbonyl (C=O) groups is 1. The van der Waals surface area contributed by atoms with E-state index in [1.165, 1.54) is 0 Å². The van der Waals surface area contributed by atoms with E-state index < -0.39 is 0 Å². The van der Waals surface area contributed by atoms with Crippen LogP contribution in [0.2, 0.25) is 0 Å². The molecule has 1 saturated heterocycles. The zero-order valence-electron chi connectivity index (χ0n) is 16.2. The largest absolute Gasteiger partial charge is 0.496 e. The molecule has 0 spiro atoms. The van der Waals surface area contributed by atoms with E-state index in [1.807, 2.05) is 40.9 Å². The molecule has 1 aliphatic rings. The normalized spacial score (nSPS) is 15.0. The first-order valence-corrected chi connectivity index (χ1v) is 9.44. The number of hydrogen-bond donors (Lipinski definition) is 0. The van der Waals surface area contributed by atoms with Crippen LogP contribution in [0.4, 0.5) is 0 Å². The first kappa shape index (κ1) is 18.2. The Bertz CT molecular complexity index is 942. The van der Waals surface area contributed by atoms with E-state index in [0.717, 1.165) is 38.0 Å². The molecule has 0 bridgehead atoms. The Kier molecular flexibility index (Phi) is 5.10. The van der Waals surface area contributed by atoms with Gasteiger partial charge < -0.3 is 9.64 Å². The summed E-state index contributed by atoms with van der Waals surface area (Å²) in [5.41, 5.74) is 2.10. The summed E-state index contributed by atoms with van der Waals surface area (Å²) in [6.45, 7) is 2.32. The van der Waals surface area contributed by atoms with Crippen LogP contribution in [-0.2, 0) is 13.6 Å². The minimum Gasteiger partial charge on any atom is -0.496 e. The van der Waals surface area contributed by atoms with Gasteiger partial charge in [-0.25, -0.2) is 4.98 Å². The maximum absolute atomic E-state index is 13.2. The van der Waals surface area contributed by atoms with Gasteiger partial charge in [-0.3, -0.25) is 14.2 Å². The summed E-state index contributed by atoms with van der Waals surface area (Å²) in [5.74, 6) is 1.24. The van der Waals surface area contributed by atoms with E-state index in [1.54, 1.807) is 30.6 Å². The Morgan fingerprint density at radius 3 is 2.75 bits per heavy atom. The van der Waals surface area contributed by atoms with Crippen molar-refractivity contribution in [3.8, 4) is 17.0 Å². The van der Waals surface area contributed by atoms with Crippen LogP contribution < -0.4 is 4.74 Å². The summed E-state index contributed by atoms with van der Waals surface area (Å²) >= 11 is 0. The molecular weight excluding hydrogens is 356 g/mol. The number of rotatable bonds is 5. The van der Waals surface area contributed by atoms with E-state index in [4.69, 9.17) is 4.74 Å². The van der Waals surface area contributed by atoms with Gasteiger partial charge in [0.15, 0.2) is 0 Å². The molecule has 0 atom stereocenters. The monoisotopic (exact) mass is 380 g/mol. The van der Waals surface area contributed by atoms with Crippen LogP contribution in [0.5, 0.6) is 5.75 Å². The summed E-state index contributed by atoms with van der Waals surface area (Å²) < 4.78 is 9.02. The van der Waals surface area contributed by atoms with Crippen molar-refractivity contribution in [3.05, 3.63) is 48.7 Å². The third kappa shape index (κ3) is 3.62. The molecule has 3 heterocycles. The average molecular weight is 380 g/mol. The maximum atomic E-state index is 13.2. The summed E-state index contributed by atoms with van der Waals surface area (Å²) in [4.78, 5) is 19.2. The lowest BCUT2D eigenvalue weighted by molar-refractivity contribution is 0.0682.